The van der Waals surface area contributed by atoms with Crippen LogP contribution in [0.5, 0.6) is 0 Å². The van der Waals surface area contributed by atoms with E-state index in [1.54, 1.807) is 4.90 Å². The van der Waals surface area contributed by atoms with Gasteiger partial charge in [0.05, 0.1) is 0 Å². The molecule has 2 amide bonds. The monoisotopic (exact) mass is 204 g/mol. The van der Waals surface area contributed by atoms with Crippen LogP contribution in [0, 0.1) is 0 Å². The van der Waals surface area contributed by atoms with Crippen molar-refractivity contribution in [3.05, 3.63) is 29.8 Å². The molecule has 0 bridgehead atoms. The number of rotatable bonds is 2. The van der Waals surface area contributed by atoms with Crippen LogP contribution in [0.1, 0.15) is 25.3 Å². The molecule has 0 atom stereocenters. The average molecular weight is 204 g/mol. The van der Waals surface area contributed by atoms with Crippen molar-refractivity contribution in [1.29, 1.82) is 0 Å². The van der Waals surface area contributed by atoms with Crippen molar-refractivity contribution in [2.75, 3.05) is 18.0 Å². The Labute approximate surface area is 90.1 Å². The third-order valence-electron chi connectivity index (χ3n) is 2.73. The van der Waals surface area contributed by atoms with E-state index in [0.29, 0.717) is 5.92 Å². The molecule has 80 valence electrons. The Bertz CT molecular complexity index is 356. The Balaban J connectivity index is 2.19. The number of amides is 2. The van der Waals surface area contributed by atoms with Gasteiger partial charge in [0.25, 0.3) is 0 Å². The molecule has 0 aromatic heterocycles. The average Bonchev–Trinajstić information content (AvgIpc) is 2.65. The molecule has 1 saturated heterocycles. The largest absolute Gasteiger partial charge is 0.336 e. The van der Waals surface area contributed by atoms with Gasteiger partial charge in [0.1, 0.15) is 0 Å². The van der Waals surface area contributed by atoms with Crippen molar-refractivity contribution >= 4 is 11.7 Å². The standard InChI is InChI=1S/C12H16N2O/c1-9(2)10-3-5-11(6-4-10)14-8-7-13-12(14)15/h3-6,9H,7-8H2,1-2H3,(H,13,15). The van der Waals surface area contributed by atoms with E-state index < -0.39 is 0 Å². The van der Waals surface area contributed by atoms with Gasteiger partial charge in [0.15, 0.2) is 0 Å². The minimum atomic E-state index is 0.00676. The fraction of sp³-hybridized carbons (Fsp3) is 0.417. The molecule has 2 rings (SSSR count). The SMILES string of the molecule is CC(C)c1ccc(N2CCNC2=O)cc1. The van der Waals surface area contributed by atoms with E-state index in [1.165, 1.54) is 5.56 Å². The van der Waals surface area contributed by atoms with Gasteiger partial charge in [-0.3, -0.25) is 4.90 Å². The molecule has 3 nitrogen and oxygen atoms in total. The second kappa shape index (κ2) is 3.93. The summed E-state index contributed by atoms with van der Waals surface area (Å²) in [5.41, 5.74) is 2.28. The summed E-state index contributed by atoms with van der Waals surface area (Å²) in [6.07, 6.45) is 0. The zero-order valence-electron chi connectivity index (χ0n) is 9.16. The number of carbonyl (C=O) groups excluding carboxylic acids is 1. The highest BCUT2D eigenvalue weighted by molar-refractivity contribution is 5.93. The van der Waals surface area contributed by atoms with E-state index in [9.17, 15) is 4.79 Å². The van der Waals surface area contributed by atoms with Crippen molar-refractivity contribution in [3.63, 3.8) is 0 Å². The molecule has 0 spiro atoms. The molecule has 15 heavy (non-hydrogen) atoms. The minimum absolute atomic E-state index is 0.00676. The molecule has 1 aromatic carbocycles. The van der Waals surface area contributed by atoms with Crippen molar-refractivity contribution in [3.8, 4) is 0 Å². The Morgan fingerprint density at radius 3 is 2.40 bits per heavy atom. The lowest BCUT2D eigenvalue weighted by atomic mass is 10.0. The number of hydrogen-bond donors (Lipinski definition) is 1. The second-order valence-corrected chi connectivity index (χ2v) is 4.13. The van der Waals surface area contributed by atoms with E-state index >= 15 is 0 Å². The summed E-state index contributed by atoms with van der Waals surface area (Å²) in [6, 6.07) is 8.21. The van der Waals surface area contributed by atoms with Crippen LogP contribution in [0.25, 0.3) is 0 Å². The van der Waals surface area contributed by atoms with Crippen LogP contribution in [0.2, 0.25) is 0 Å². The number of anilines is 1. The summed E-state index contributed by atoms with van der Waals surface area (Å²) in [7, 11) is 0. The lowest BCUT2D eigenvalue weighted by molar-refractivity contribution is 0.252. The first-order chi connectivity index (χ1) is 7.18. The van der Waals surface area contributed by atoms with Crippen molar-refractivity contribution < 1.29 is 4.79 Å². The highest BCUT2D eigenvalue weighted by Gasteiger charge is 2.20. The van der Waals surface area contributed by atoms with Gasteiger partial charge in [-0.15, -0.1) is 0 Å². The van der Waals surface area contributed by atoms with Gasteiger partial charge in [0, 0.05) is 18.8 Å². The number of nitrogens with one attached hydrogen (secondary N) is 1. The van der Waals surface area contributed by atoms with Crippen molar-refractivity contribution in [2.24, 2.45) is 0 Å². The molecule has 1 aliphatic heterocycles. The van der Waals surface area contributed by atoms with E-state index in [4.69, 9.17) is 0 Å². The van der Waals surface area contributed by atoms with Gasteiger partial charge >= 0.3 is 6.03 Å². The highest BCUT2D eigenvalue weighted by Crippen LogP contribution is 2.20. The van der Waals surface area contributed by atoms with Gasteiger partial charge in [-0.2, -0.15) is 0 Å². The van der Waals surface area contributed by atoms with E-state index in [0.717, 1.165) is 18.8 Å². The maximum absolute atomic E-state index is 11.4. The predicted molar refractivity (Wildman–Crippen MR) is 61.3 cm³/mol. The number of nitrogens with zero attached hydrogens (tertiary/aromatic N) is 1. The molecule has 1 N–H and O–H groups in total. The van der Waals surface area contributed by atoms with Crippen LogP contribution < -0.4 is 10.2 Å². The first-order valence-corrected chi connectivity index (χ1v) is 5.34. The summed E-state index contributed by atoms with van der Waals surface area (Å²) in [5.74, 6) is 0.534. The zero-order chi connectivity index (χ0) is 10.8. The Kier molecular flexibility index (Phi) is 2.62. The van der Waals surface area contributed by atoms with Crippen LogP contribution in [-0.2, 0) is 0 Å². The maximum atomic E-state index is 11.4. The molecule has 1 fully saturated rings. The molecule has 1 aliphatic rings. The van der Waals surface area contributed by atoms with Crippen LogP contribution in [0.15, 0.2) is 24.3 Å². The zero-order valence-corrected chi connectivity index (χ0v) is 9.16. The fourth-order valence-corrected chi connectivity index (χ4v) is 1.76. The molecule has 1 heterocycles. The van der Waals surface area contributed by atoms with Gasteiger partial charge in [0.2, 0.25) is 0 Å². The fourth-order valence-electron chi connectivity index (χ4n) is 1.76. The smallest absolute Gasteiger partial charge is 0.321 e. The molecule has 0 unspecified atom stereocenters. The molecule has 3 heteroatoms. The summed E-state index contributed by atoms with van der Waals surface area (Å²) < 4.78 is 0. The first kappa shape index (κ1) is 10.0. The highest BCUT2D eigenvalue weighted by atomic mass is 16.2. The van der Waals surface area contributed by atoms with E-state index in [1.807, 2.05) is 12.1 Å². The summed E-state index contributed by atoms with van der Waals surface area (Å²) in [5, 5.41) is 2.79. The summed E-state index contributed by atoms with van der Waals surface area (Å²) in [4.78, 5) is 13.2. The predicted octanol–water partition coefficient (Wildman–Crippen LogP) is 2.34. The third-order valence-corrected chi connectivity index (χ3v) is 2.73. The van der Waals surface area contributed by atoms with Crippen molar-refractivity contribution in [2.45, 2.75) is 19.8 Å². The van der Waals surface area contributed by atoms with Crippen molar-refractivity contribution in [1.82, 2.24) is 5.32 Å². The molecule has 0 radical (unpaired) electrons. The molecular formula is C12H16N2O. The second-order valence-electron chi connectivity index (χ2n) is 4.13. The van der Waals surface area contributed by atoms with Crippen LogP contribution >= 0.6 is 0 Å². The quantitative estimate of drug-likeness (QED) is 0.788. The minimum Gasteiger partial charge on any atom is -0.336 e. The normalized spacial score (nSPS) is 15.9. The van der Waals surface area contributed by atoms with Gasteiger partial charge in [-0.25, -0.2) is 4.79 Å². The van der Waals surface area contributed by atoms with Crippen LogP contribution in [-0.4, -0.2) is 19.1 Å². The number of benzene rings is 1. The van der Waals surface area contributed by atoms with E-state index in [2.05, 4.69) is 31.3 Å². The molecule has 0 saturated carbocycles. The molecule has 1 aromatic rings. The van der Waals surface area contributed by atoms with Gasteiger partial charge < -0.3 is 5.32 Å². The summed E-state index contributed by atoms with van der Waals surface area (Å²) >= 11 is 0. The molecule has 0 aliphatic carbocycles. The summed E-state index contributed by atoms with van der Waals surface area (Å²) in [6.45, 7) is 5.83. The van der Waals surface area contributed by atoms with Gasteiger partial charge in [-0.05, 0) is 23.6 Å². The third kappa shape index (κ3) is 1.96. The lowest BCUT2D eigenvalue weighted by Crippen LogP contribution is -2.27. The number of hydrogen-bond acceptors (Lipinski definition) is 1. The van der Waals surface area contributed by atoms with Gasteiger partial charge in [-0.1, -0.05) is 26.0 Å². The molecular weight excluding hydrogens is 188 g/mol. The maximum Gasteiger partial charge on any atom is 0.321 e. The van der Waals surface area contributed by atoms with E-state index in [-0.39, 0.29) is 6.03 Å². The number of urea groups is 1. The Hall–Kier alpha value is -1.51. The topological polar surface area (TPSA) is 32.3 Å². The Morgan fingerprint density at radius 1 is 1.27 bits per heavy atom. The van der Waals surface area contributed by atoms with Crippen LogP contribution in [0.3, 0.4) is 0 Å². The Morgan fingerprint density at radius 2 is 1.93 bits per heavy atom. The lowest BCUT2D eigenvalue weighted by Gasteiger charge is -2.15. The number of carbonyl (C=O) groups is 1. The first-order valence-electron chi connectivity index (χ1n) is 5.34. The van der Waals surface area contributed by atoms with Crippen LogP contribution in [0.4, 0.5) is 10.5 Å².